The van der Waals surface area contributed by atoms with Gasteiger partial charge in [-0.2, -0.15) is 0 Å². The van der Waals surface area contributed by atoms with Crippen molar-refractivity contribution in [2.24, 2.45) is 0 Å². The van der Waals surface area contributed by atoms with Gasteiger partial charge in [-0.3, -0.25) is 14.5 Å². The maximum absolute atomic E-state index is 12.2. The van der Waals surface area contributed by atoms with Gasteiger partial charge in [-0.25, -0.2) is 0 Å². The molecule has 0 fully saturated rings. The van der Waals surface area contributed by atoms with E-state index in [0.717, 1.165) is 10.2 Å². The SMILES string of the molecule is COP(=S)(OC[SiH3])SCN1C(=O)c2ccccc2C1=O. The molecule has 1 aromatic carbocycles. The smallest absolute Gasteiger partial charge is 0.262 e. The van der Waals surface area contributed by atoms with E-state index in [0.29, 0.717) is 17.4 Å². The molecular weight excluding hydrogens is 333 g/mol. The van der Waals surface area contributed by atoms with Crippen LogP contribution in [-0.4, -0.2) is 46.2 Å². The Morgan fingerprint density at radius 1 is 1.30 bits per heavy atom. The highest BCUT2D eigenvalue weighted by atomic mass is 32.9. The lowest BCUT2D eigenvalue weighted by atomic mass is 10.1. The van der Waals surface area contributed by atoms with Gasteiger partial charge in [0.2, 0.25) is 5.69 Å². The van der Waals surface area contributed by atoms with Crippen molar-refractivity contribution < 1.29 is 18.6 Å². The van der Waals surface area contributed by atoms with Crippen molar-refractivity contribution >= 4 is 50.9 Å². The Kier molecular flexibility index (Phi) is 5.17. The zero-order chi connectivity index (χ0) is 14.8. The van der Waals surface area contributed by atoms with Gasteiger partial charge in [-0.1, -0.05) is 12.1 Å². The van der Waals surface area contributed by atoms with E-state index in [1.807, 2.05) is 0 Å². The number of imide groups is 1. The van der Waals surface area contributed by atoms with Crippen LogP contribution in [0.25, 0.3) is 0 Å². The first-order valence-corrected chi connectivity index (χ1v) is 11.6. The number of fused-ring (bicyclic) bond motifs is 1. The summed E-state index contributed by atoms with van der Waals surface area (Å²) in [6, 6.07) is 6.79. The van der Waals surface area contributed by atoms with Crippen LogP contribution in [0.5, 0.6) is 0 Å². The zero-order valence-electron chi connectivity index (χ0n) is 11.1. The molecule has 1 heterocycles. The average molecular weight is 347 g/mol. The minimum absolute atomic E-state index is 0.152. The number of carbonyl (C=O) groups is 2. The van der Waals surface area contributed by atoms with Gasteiger partial charge >= 0.3 is 0 Å². The Balaban J connectivity index is 2.11. The molecule has 2 rings (SSSR count). The lowest BCUT2D eigenvalue weighted by Gasteiger charge is -2.21. The molecule has 1 unspecified atom stereocenters. The van der Waals surface area contributed by atoms with E-state index >= 15 is 0 Å². The Morgan fingerprint density at radius 3 is 2.30 bits per heavy atom. The summed E-state index contributed by atoms with van der Waals surface area (Å²) in [5.74, 6) is -0.429. The molecule has 0 spiro atoms. The standard InChI is InChI=1S/C11H14NO4PS2Si/c1-15-17(18,16-7-20)19-6-12-10(13)8-4-2-3-5-9(8)11(12)14/h2-5H,6-7H2,1,20H3. The minimum atomic E-state index is -2.46. The number of hydrogen-bond acceptors (Lipinski definition) is 6. The van der Waals surface area contributed by atoms with Crippen molar-refractivity contribution in [3.8, 4) is 0 Å². The number of carbonyl (C=O) groups excluding carboxylic acids is 2. The summed E-state index contributed by atoms with van der Waals surface area (Å²) in [5, 5.41) is 0. The van der Waals surface area contributed by atoms with E-state index in [4.69, 9.17) is 20.9 Å². The second-order valence-corrected chi connectivity index (χ2v) is 10.9. The molecule has 1 aromatic rings. The van der Waals surface area contributed by atoms with Crippen LogP contribution in [-0.2, 0) is 20.9 Å². The quantitative estimate of drug-likeness (QED) is 0.438. The average Bonchev–Trinajstić information content (AvgIpc) is 2.70. The van der Waals surface area contributed by atoms with Crippen LogP contribution in [0.2, 0.25) is 0 Å². The first kappa shape index (κ1) is 15.9. The minimum Gasteiger partial charge on any atom is -0.326 e. The lowest BCUT2D eigenvalue weighted by Crippen LogP contribution is -2.29. The van der Waals surface area contributed by atoms with Gasteiger partial charge in [0.15, 0.2) is 0 Å². The van der Waals surface area contributed by atoms with Crippen molar-refractivity contribution in [2.45, 2.75) is 0 Å². The molecule has 0 aromatic heterocycles. The van der Waals surface area contributed by atoms with Gasteiger partial charge in [0.05, 0.1) is 17.0 Å². The highest BCUT2D eigenvalue weighted by molar-refractivity contribution is 8.67. The van der Waals surface area contributed by atoms with E-state index in [2.05, 4.69) is 0 Å². The van der Waals surface area contributed by atoms with Crippen LogP contribution >= 0.6 is 17.1 Å². The molecule has 0 aliphatic carbocycles. The van der Waals surface area contributed by atoms with Crippen LogP contribution in [0.4, 0.5) is 0 Å². The normalized spacial score (nSPS) is 17.4. The van der Waals surface area contributed by atoms with E-state index in [-0.39, 0.29) is 17.7 Å². The molecule has 0 radical (unpaired) electrons. The van der Waals surface area contributed by atoms with Crippen LogP contribution in [0.3, 0.4) is 0 Å². The molecule has 0 saturated heterocycles. The molecule has 1 atom stereocenters. The lowest BCUT2D eigenvalue weighted by molar-refractivity contribution is 0.0684. The molecule has 0 saturated carbocycles. The molecule has 20 heavy (non-hydrogen) atoms. The van der Waals surface area contributed by atoms with E-state index < -0.39 is 5.69 Å². The Hall–Kier alpha value is -0.503. The number of amides is 2. The second-order valence-electron chi connectivity index (χ2n) is 3.89. The summed E-state index contributed by atoms with van der Waals surface area (Å²) in [4.78, 5) is 25.5. The summed E-state index contributed by atoms with van der Waals surface area (Å²) in [5.41, 5.74) is -1.59. The number of hydrogen-bond donors (Lipinski definition) is 0. The number of benzene rings is 1. The molecule has 0 N–H and O–H groups in total. The van der Waals surface area contributed by atoms with E-state index in [1.54, 1.807) is 24.3 Å². The predicted octanol–water partition coefficient (Wildman–Crippen LogP) is 1.18. The van der Waals surface area contributed by atoms with Crippen molar-refractivity contribution in [1.82, 2.24) is 4.90 Å². The fraction of sp³-hybridized carbons (Fsp3) is 0.273. The largest absolute Gasteiger partial charge is 0.326 e. The van der Waals surface area contributed by atoms with Gasteiger partial charge in [0.25, 0.3) is 11.8 Å². The molecule has 2 amide bonds. The second kappa shape index (κ2) is 6.51. The molecule has 1 aliphatic rings. The van der Waals surface area contributed by atoms with E-state index in [9.17, 15) is 9.59 Å². The first-order valence-electron chi connectivity index (χ1n) is 5.92. The van der Waals surface area contributed by atoms with Crippen molar-refractivity contribution in [2.75, 3.05) is 19.2 Å². The summed E-state index contributed by atoms with van der Waals surface area (Å²) in [7, 11) is 2.35. The third-order valence-electron chi connectivity index (χ3n) is 2.73. The highest BCUT2D eigenvalue weighted by Crippen LogP contribution is 2.60. The van der Waals surface area contributed by atoms with Crippen molar-refractivity contribution in [3.63, 3.8) is 0 Å². The van der Waals surface area contributed by atoms with E-state index in [1.165, 1.54) is 23.4 Å². The third-order valence-corrected chi connectivity index (χ3v) is 8.99. The summed E-state index contributed by atoms with van der Waals surface area (Å²) < 4.78 is 10.7. The van der Waals surface area contributed by atoms with Gasteiger partial charge in [0, 0.05) is 23.6 Å². The van der Waals surface area contributed by atoms with Crippen LogP contribution in [0.1, 0.15) is 20.7 Å². The van der Waals surface area contributed by atoms with Gasteiger partial charge in [-0.15, -0.1) is 0 Å². The van der Waals surface area contributed by atoms with Gasteiger partial charge in [0.1, 0.15) is 0 Å². The Morgan fingerprint density at radius 2 is 1.85 bits per heavy atom. The fourth-order valence-electron chi connectivity index (χ4n) is 1.79. The molecule has 1 aliphatic heterocycles. The first-order chi connectivity index (χ1) is 9.52. The van der Waals surface area contributed by atoms with Crippen LogP contribution < -0.4 is 0 Å². The molecule has 108 valence electrons. The summed E-state index contributed by atoms with van der Waals surface area (Å²) >= 11 is 6.51. The van der Waals surface area contributed by atoms with Gasteiger partial charge in [-0.05, 0) is 35.3 Å². The predicted molar refractivity (Wildman–Crippen MR) is 86.6 cm³/mol. The maximum atomic E-state index is 12.2. The van der Waals surface area contributed by atoms with Crippen molar-refractivity contribution in [1.29, 1.82) is 0 Å². The van der Waals surface area contributed by atoms with Crippen LogP contribution in [0, 0.1) is 0 Å². The Bertz CT molecular complexity index is 563. The monoisotopic (exact) mass is 347 g/mol. The summed E-state index contributed by atoms with van der Waals surface area (Å²) in [6.45, 7) is 0. The third kappa shape index (κ3) is 3.05. The Labute approximate surface area is 129 Å². The zero-order valence-corrected chi connectivity index (χ0v) is 15.6. The topological polar surface area (TPSA) is 55.8 Å². The summed E-state index contributed by atoms with van der Waals surface area (Å²) in [6.07, 6.45) is 0.570. The molecule has 0 bridgehead atoms. The number of nitrogens with zero attached hydrogens (tertiary/aromatic N) is 1. The molecular formula is C11H14NO4PS2Si. The highest BCUT2D eigenvalue weighted by Gasteiger charge is 2.36. The van der Waals surface area contributed by atoms with Gasteiger partial charge < -0.3 is 9.05 Å². The van der Waals surface area contributed by atoms with Crippen molar-refractivity contribution in [3.05, 3.63) is 35.4 Å². The van der Waals surface area contributed by atoms with Crippen LogP contribution in [0.15, 0.2) is 24.3 Å². The molecule has 5 nitrogen and oxygen atoms in total. The number of rotatable bonds is 6. The fourth-order valence-corrected chi connectivity index (χ4v) is 7.46. The molecule has 9 heteroatoms. The maximum Gasteiger partial charge on any atom is 0.262 e.